The zero-order valence-electron chi connectivity index (χ0n) is 5.90. The Balaban J connectivity index is 2.74. The number of aryl methyl sites for hydroxylation is 2. The molecule has 1 rings (SSSR count). The Kier molecular flexibility index (Phi) is 2.29. The third-order valence-electron chi connectivity index (χ3n) is 1.32. The van der Waals surface area contributed by atoms with E-state index in [1.165, 1.54) is 9.75 Å². The highest BCUT2D eigenvalue weighted by molar-refractivity contribution is 7.11. The molecule has 9 heavy (non-hydrogen) atoms. The van der Waals surface area contributed by atoms with Gasteiger partial charge in [-0.2, -0.15) is 0 Å². The average Bonchev–Trinajstić information content (AvgIpc) is 2.34. The van der Waals surface area contributed by atoms with Crippen molar-refractivity contribution in [1.82, 2.24) is 0 Å². The van der Waals surface area contributed by atoms with Gasteiger partial charge in [-0.3, -0.25) is 0 Å². The zero-order chi connectivity index (χ0) is 6.69. The van der Waals surface area contributed by atoms with Crippen LogP contribution in [0.2, 0.25) is 0 Å². The van der Waals surface area contributed by atoms with E-state index in [-0.39, 0.29) is 0 Å². The Morgan fingerprint density at radius 2 is 2.22 bits per heavy atom. The fourth-order valence-corrected chi connectivity index (χ4v) is 1.57. The zero-order valence-corrected chi connectivity index (χ0v) is 6.72. The van der Waals surface area contributed by atoms with Crippen molar-refractivity contribution in [3.63, 3.8) is 0 Å². The summed E-state index contributed by atoms with van der Waals surface area (Å²) >= 11 is 1.88. The molecule has 1 aromatic rings. The summed E-state index contributed by atoms with van der Waals surface area (Å²) in [5.41, 5.74) is 0. The Morgan fingerprint density at radius 1 is 1.44 bits per heavy atom. The first-order chi connectivity index (χ1) is 4.36. The van der Waals surface area contributed by atoms with Crippen LogP contribution in [-0.2, 0) is 12.8 Å². The van der Waals surface area contributed by atoms with E-state index in [1.54, 1.807) is 0 Å². The molecule has 49 valence electrons. The van der Waals surface area contributed by atoms with E-state index in [1.807, 2.05) is 11.3 Å². The third-order valence-corrected chi connectivity index (χ3v) is 2.64. The lowest BCUT2D eigenvalue weighted by Crippen LogP contribution is -1.66. The normalized spacial score (nSPS) is 10.0. The molecule has 0 aliphatic carbocycles. The second-order valence-corrected chi connectivity index (χ2v) is 3.21. The van der Waals surface area contributed by atoms with Gasteiger partial charge in [0.15, 0.2) is 0 Å². The van der Waals surface area contributed by atoms with Gasteiger partial charge in [0.1, 0.15) is 0 Å². The Hall–Kier alpha value is -0.300. The molecule has 0 fully saturated rings. The number of hydrogen-bond acceptors (Lipinski definition) is 1. The van der Waals surface area contributed by atoms with Crippen molar-refractivity contribution < 1.29 is 0 Å². The summed E-state index contributed by atoms with van der Waals surface area (Å²) in [6, 6.07) is 5.33. The van der Waals surface area contributed by atoms with Crippen molar-refractivity contribution in [3.8, 4) is 0 Å². The van der Waals surface area contributed by atoms with Crippen LogP contribution in [0.1, 0.15) is 23.6 Å². The molecular weight excluding hydrogens is 128 g/mol. The second kappa shape index (κ2) is 3.02. The van der Waals surface area contributed by atoms with E-state index in [4.69, 9.17) is 0 Å². The van der Waals surface area contributed by atoms with E-state index < -0.39 is 0 Å². The molecular formula is C8H11S. The summed E-state index contributed by atoms with van der Waals surface area (Å²) in [6.45, 7) is 4.35. The fourth-order valence-electron chi connectivity index (χ4n) is 0.727. The number of rotatable bonds is 2. The molecule has 0 bridgehead atoms. The summed E-state index contributed by atoms with van der Waals surface area (Å²) in [5.74, 6) is 0. The lowest BCUT2D eigenvalue weighted by molar-refractivity contribution is 1.18. The summed E-state index contributed by atoms with van der Waals surface area (Å²) in [6.07, 6.45) is 2.28. The van der Waals surface area contributed by atoms with Crippen LogP contribution in [-0.4, -0.2) is 0 Å². The Bertz CT molecular complexity index is 158. The smallest absolute Gasteiger partial charge is 0.0124 e. The summed E-state index contributed by atoms with van der Waals surface area (Å²) in [5, 5.41) is 0. The van der Waals surface area contributed by atoms with Crippen LogP contribution in [0.3, 0.4) is 0 Å². The van der Waals surface area contributed by atoms with E-state index in [2.05, 4.69) is 26.0 Å². The highest BCUT2D eigenvalue weighted by Crippen LogP contribution is 2.15. The van der Waals surface area contributed by atoms with Crippen molar-refractivity contribution in [2.45, 2.75) is 26.7 Å². The Labute approximate surface area is 60.5 Å². The minimum absolute atomic E-state index is 1.13. The molecule has 0 atom stereocenters. The van der Waals surface area contributed by atoms with E-state index in [9.17, 15) is 0 Å². The van der Waals surface area contributed by atoms with Crippen LogP contribution in [0.5, 0.6) is 0 Å². The quantitative estimate of drug-likeness (QED) is 0.591. The SMILES string of the molecule is CCc1[c]cc(CC)s1. The molecule has 0 amide bonds. The monoisotopic (exact) mass is 139 g/mol. The summed E-state index contributed by atoms with van der Waals surface area (Å²) in [4.78, 5) is 2.83. The van der Waals surface area contributed by atoms with Gasteiger partial charge in [0.05, 0.1) is 0 Å². The molecule has 0 saturated heterocycles. The largest absolute Gasteiger partial charge is 0.145 e. The van der Waals surface area contributed by atoms with Crippen molar-refractivity contribution in [2.24, 2.45) is 0 Å². The van der Waals surface area contributed by atoms with Gasteiger partial charge in [-0.05, 0) is 25.0 Å². The molecule has 0 unspecified atom stereocenters. The van der Waals surface area contributed by atoms with Crippen molar-refractivity contribution in [1.29, 1.82) is 0 Å². The van der Waals surface area contributed by atoms with Gasteiger partial charge in [0.25, 0.3) is 0 Å². The number of hydrogen-bond donors (Lipinski definition) is 0. The van der Waals surface area contributed by atoms with Gasteiger partial charge in [-0.15, -0.1) is 11.3 Å². The molecule has 0 aromatic carbocycles. The van der Waals surface area contributed by atoms with Crippen LogP contribution in [0.4, 0.5) is 0 Å². The Morgan fingerprint density at radius 3 is 2.56 bits per heavy atom. The fraction of sp³-hybridized carbons (Fsp3) is 0.500. The molecule has 0 spiro atoms. The lowest BCUT2D eigenvalue weighted by Gasteiger charge is -1.83. The highest BCUT2D eigenvalue weighted by atomic mass is 32.1. The van der Waals surface area contributed by atoms with Crippen molar-refractivity contribution in [3.05, 3.63) is 21.9 Å². The lowest BCUT2D eigenvalue weighted by atomic mass is 10.3. The summed E-state index contributed by atoms with van der Waals surface area (Å²) < 4.78 is 0. The second-order valence-electron chi connectivity index (χ2n) is 1.99. The topological polar surface area (TPSA) is 0 Å². The molecule has 1 radical (unpaired) electrons. The average molecular weight is 139 g/mol. The molecule has 0 aliphatic heterocycles. The van der Waals surface area contributed by atoms with Crippen LogP contribution >= 0.6 is 11.3 Å². The predicted molar refractivity (Wildman–Crippen MR) is 41.9 cm³/mol. The van der Waals surface area contributed by atoms with E-state index >= 15 is 0 Å². The molecule has 0 nitrogen and oxygen atoms in total. The van der Waals surface area contributed by atoms with Crippen LogP contribution in [0.15, 0.2) is 6.07 Å². The van der Waals surface area contributed by atoms with Crippen LogP contribution < -0.4 is 0 Å². The molecule has 0 saturated carbocycles. The van der Waals surface area contributed by atoms with Crippen molar-refractivity contribution >= 4 is 11.3 Å². The standard InChI is InChI=1S/C8H11S/c1-3-7-5-6-8(4-2)9-7/h5H,3-4H2,1-2H3. The molecule has 1 heterocycles. The minimum atomic E-state index is 1.13. The first-order valence-electron chi connectivity index (χ1n) is 3.36. The van der Waals surface area contributed by atoms with Crippen molar-refractivity contribution in [2.75, 3.05) is 0 Å². The van der Waals surface area contributed by atoms with Gasteiger partial charge in [-0.1, -0.05) is 13.8 Å². The third kappa shape index (κ3) is 1.55. The molecule has 1 aromatic heterocycles. The maximum absolute atomic E-state index is 3.22. The molecule has 0 N–H and O–H groups in total. The van der Waals surface area contributed by atoms with Gasteiger partial charge >= 0.3 is 0 Å². The highest BCUT2D eigenvalue weighted by Gasteiger charge is 1.93. The molecule has 1 heteroatoms. The maximum atomic E-state index is 3.22. The van der Waals surface area contributed by atoms with Gasteiger partial charge in [-0.25, -0.2) is 0 Å². The summed E-state index contributed by atoms with van der Waals surface area (Å²) in [7, 11) is 0. The predicted octanol–water partition coefficient (Wildman–Crippen LogP) is 2.67. The van der Waals surface area contributed by atoms with Gasteiger partial charge in [0.2, 0.25) is 0 Å². The van der Waals surface area contributed by atoms with E-state index in [0.717, 1.165) is 12.8 Å². The van der Waals surface area contributed by atoms with Gasteiger partial charge < -0.3 is 0 Å². The van der Waals surface area contributed by atoms with Crippen LogP contribution in [0, 0.1) is 6.07 Å². The number of thiophene rings is 1. The minimum Gasteiger partial charge on any atom is -0.145 e. The van der Waals surface area contributed by atoms with E-state index in [0.29, 0.717) is 0 Å². The maximum Gasteiger partial charge on any atom is 0.0124 e. The van der Waals surface area contributed by atoms with Crippen LogP contribution in [0.25, 0.3) is 0 Å². The first kappa shape index (κ1) is 6.81. The first-order valence-corrected chi connectivity index (χ1v) is 4.17. The van der Waals surface area contributed by atoms with Gasteiger partial charge in [0, 0.05) is 9.75 Å². The molecule has 0 aliphatic rings.